The van der Waals surface area contributed by atoms with Crippen molar-refractivity contribution in [2.24, 2.45) is 11.7 Å². The van der Waals surface area contributed by atoms with E-state index in [2.05, 4.69) is 19.1 Å². The van der Waals surface area contributed by atoms with Gasteiger partial charge in [0.05, 0.1) is 6.10 Å². The number of rotatable bonds is 4. The summed E-state index contributed by atoms with van der Waals surface area (Å²) in [7, 11) is 0. The first-order chi connectivity index (χ1) is 8.69. The van der Waals surface area contributed by atoms with E-state index in [0.717, 1.165) is 17.2 Å². The lowest BCUT2D eigenvalue weighted by Gasteiger charge is -2.29. The number of nitrogens with two attached hydrogens (primary N) is 1. The molecule has 1 aromatic rings. The molecule has 100 valence electrons. The van der Waals surface area contributed by atoms with Crippen molar-refractivity contribution < 1.29 is 4.74 Å². The Bertz CT molecular complexity index is 375. The van der Waals surface area contributed by atoms with Gasteiger partial charge in [-0.1, -0.05) is 31.9 Å². The molecule has 3 unspecified atom stereocenters. The van der Waals surface area contributed by atoms with Crippen LogP contribution in [0.4, 0.5) is 0 Å². The highest BCUT2D eigenvalue weighted by Crippen LogP contribution is 2.30. The third kappa shape index (κ3) is 3.49. The molecule has 2 N–H and O–H groups in total. The molecular weight excluding hydrogens is 222 g/mol. The molecule has 1 saturated carbocycles. The summed E-state index contributed by atoms with van der Waals surface area (Å²) in [6.45, 7) is 4.29. The van der Waals surface area contributed by atoms with Gasteiger partial charge < -0.3 is 10.5 Å². The first kappa shape index (κ1) is 13.4. The van der Waals surface area contributed by atoms with Crippen molar-refractivity contribution in [2.45, 2.75) is 58.1 Å². The fourth-order valence-electron chi connectivity index (χ4n) is 2.78. The molecule has 1 aromatic carbocycles. The van der Waals surface area contributed by atoms with Gasteiger partial charge in [0.25, 0.3) is 0 Å². The molecule has 2 heteroatoms. The molecule has 0 amide bonds. The van der Waals surface area contributed by atoms with Crippen molar-refractivity contribution in [3.63, 3.8) is 0 Å². The average Bonchev–Trinajstić information content (AvgIpc) is 2.39. The molecule has 18 heavy (non-hydrogen) atoms. The van der Waals surface area contributed by atoms with Gasteiger partial charge in [0.15, 0.2) is 0 Å². The third-order valence-electron chi connectivity index (χ3n) is 4.00. The Labute approximate surface area is 111 Å². The van der Waals surface area contributed by atoms with E-state index in [1.165, 1.54) is 32.1 Å². The van der Waals surface area contributed by atoms with Gasteiger partial charge in [-0.25, -0.2) is 0 Å². The zero-order valence-corrected chi connectivity index (χ0v) is 11.6. The summed E-state index contributed by atoms with van der Waals surface area (Å²) in [6, 6.07) is 8.30. The van der Waals surface area contributed by atoms with Gasteiger partial charge in [0.1, 0.15) is 5.75 Å². The van der Waals surface area contributed by atoms with Crippen molar-refractivity contribution in [2.75, 3.05) is 0 Å². The summed E-state index contributed by atoms with van der Waals surface area (Å²) in [6.07, 6.45) is 6.75. The Hall–Kier alpha value is -1.02. The molecule has 2 nitrogen and oxygen atoms in total. The van der Waals surface area contributed by atoms with E-state index in [-0.39, 0.29) is 6.04 Å². The zero-order chi connectivity index (χ0) is 13.0. The van der Waals surface area contributed by atoms with E-state index in [1.807, 2.05) is 19.1 Å². The molecule has 1 aliphatic rings. The Balaban J connectivity index is 1.98. The largest absolute Gasteiger partial charge is 0.490 e. The maximum atomic E-state index is 6.12. The summed E-state index contributed by atoms with van der Waals surface area (Å²) in [5.74, 6) is 1.83. The minimum Gasteiger partial charge on any atom is -0.490 e. The van der Waals surface area contributed by atoms with Crippen LogP contribution in [0.1, 0.15) is 57.6 Å². The second kappa shape index (κ2) is 6.24. The van der Waals surface area contributed by atoms with Crippen LogP contribution in [-0.2, 0) is 0 Å². The molecule has 2 rings (SSSR count). The quantitative estimate of drug-likeness (QED) is 0.871. The van der Waals surface area contributed by atoms with Crippen LogP contribution >= 0.6 is 0 Å². The maximum Gasteiger partial charge on any atom is 0.120 e. The first-order valence-electron chi connectivity index (χ1n) is 7.21. The second-order valence-corrected chi connectivity index (χ2v) is 5.54. The highest BCUT2D eigenvalue weighted by molar-refractivity contribution is 5.30. The molecule has 0 bridgehead atoms. The average molecular weight is 247 g/mol. The van der Waals surface area contributed by atoms with Gasteiger partial charge in [-0.2, -0.15) is 0 Å². The van der Waals surface area contributed by atoms with Crippen LogP contribution in [0.25, 0.3) is 0 Å². The molecule has 0 aromatic heterocycles. The van der Waals surface area contributed by atoms with Gasteiger partial charge >= 0.3 is 0 Å². The molecule has 1 fully saturated rings. The van der Waals surface area contributed by atoms with Crippen LogP contribution in [-0.4, -0.2) is 6.10 Å². The molecule has 0 saturated heterocycles. The maximum absolute atomic E-state index is 6.12. The standard InChI is InChI=1S/C16H25NO/c1-3-13-6-4-8-15(10-13)18-16-9-5-7-14(11-16)12(2)17/h5,7,9,11-13,15H,3-4,6,8,10,17H2,1-2H3. The van der Waals surface area contributed by atoms with E-state index in [4.69, 9.17) is 10.5 Å². The van der Waals surface area contributed by atoms with Gasteiger partial charge in [-0.15, -0.1) is 0 Å². The zero-order valence-electron chi connectivity index (χ0n) is 11.6. The summed E-state index contributed by atoms with van der Waals surface area (Å²) in [5, 5.41) is 0. The van der Waals surface area contributed by atoms with E-state index in [0.29, 0.717) is 6.10 Å². The predicted octanol–water partition coefficient (Wildman–Crippen LogP) is 4.05. The lowest BCUT2D eigenvalue weighted by Crippen LogP contribution is -2.25. The van der Waals surface area contributed by atoms with Crippen molar-refractivity contribution in [1.29, 1.82) is 0 Å². The van der Waals surface area contributed by atoms with Crippen molar-refractivity contribution in [3.8, 4) is 5.75 Å². The number of benzene rings is 1. The molecule has 3 atom stereocenters. The highest BCUT2D eigenvalue weighted by atomic mass is 16.5. The van der Waals surface area contributed by atoms with Crippen LogP contribution in [0.3, 0.4) is 0 Å². The first-order valence-corrected chi connectivity index (χ1v) is 7.21. The van der Waals surface area contributed by atoms with Crippen LogP contribution in [0, 0.1) is 5.92 Å². The summed E-state index contributed by atoms with van der Waals surface area (Å²) >= 11 is 0. The molecule has 0 spiro atoms. The molecule has 0 radical (unpaired) electrons. The SMILES string of the molecule is CCC1CCCC(Oc2cccc(C(C)N)c2)C1. The summed E-state index contributed by atoms with van der Waals surface area (Å²) in [4.78, 5) is 0. The highest BCUT2D eigenvalue weighted by Gasteiger charge is 2.22. The van der Waals surface area contributed by atoms with E-state index in [9.17, 15) is 0 Å². The monoisotopic (exact) mass is 247 g/mol. The second-order valence-electron chi connectivity index (χ2n) is 5.54. The topological polar surface area (TPSA) is 35.2 Å². The molecule has 1 aliphatic carbocycles. The Morgan fingerprint density at radius 1 is 1.39 bits per heavy atom. The van der Waals surface area contributed by atoms with Gasteiger partial charge in [0.2, 0.25) is 0 Å². The van der Waals surface area contributed by atoms with Crippen molar-refractivity contribution in [1.82, 2.24) is 0 Å². The predicted molar refractivity (Wildman–Crippen MR) is 75.7 cm³/mol. The fourth-order valence-corrected chi connectivity index (χ4v) is 2.78. The number of ether oxygens (including phenoxy) is 1. The van der Waals surface area contributed by atoms with Crippen LogP contribution < -0.4 is 10.5 Å². The van der Waals surface area contributed by atoms with Gasteiger partial charge in [0, 0.05) is 6.04 Å². The van der Waals surface area contributed by atoms with Crippen LogP contribution in [0.2, 0.25) is 0 Å². The lowest BCUT2D eigenvalue weighted by molar-refractivity contribution is 0.122. The summed E-state index contributed by atoms with van der Waals surface area (Å²) < 4.78 is 6.12. The molecule has 0 heterocycles. The van der Waals surface area contributed by atoms with Gasteiger partial charge in [-0.3, -0.25) is 0 Å². The lowest BCUT2D eigenvalue weighted by atomic mass is 9.85. The van der Waals surface area contributed by atoms with Crippen molar-refractivity contribution >= 4 is 0 Å². The van der Waals surface area contributed by atoms with Crippen molar-refractivity contribution in [3.05, 3.63) is 29.8 Å². The molecular formula is C16H25NO. The number of hydrogen-bond donors (Lipinski definition) is 1. The number of hydrogen-bond acceptors (Lipinski definition) is 2. The van der Waals surface area contributed by atoms with E-state index >= 15 is 0 Å². The van der Waals surface area contributed by atoms with Crippen LogP contribution in [0.15, 0.2) is 24.3 Å². The van der Waals surface area contributed by atoms with E-state index in [1.54, 1.807) is 0 Å². The minimum absolute atomic E-state index is 0.0725. The molecule has 0 aliphatic heterocycles. The van der Waals surface area contributed by atoms with Gasteiger partial charge in [-0.05, 0) is 49.8 Å². The Morgan fingerprint density at radius 3 is 2.94 bits per heavy atom. The summed E-state index contributed by atoms with van der Waals surface area (Å²) in [5.41, 5.74) is 7.05. The normalized spacial score (nSPS) is 25.7. The fraction of sp³-hybridized carbons (Fsp3) is 0.625. The third-order valence-corrected chi connectivity index (χ3v) is 4.00. The minimum atomic E-state index is 0.0725. The van der Waals surface area contributed by atoms with Crippen LogP contribution in [0.5, 0.6) is 5.75 Å². The Morgan fingerprint density at radius 2 is 2.22 bits per heavy atom. The Kier molecular flexibility index (Phi) is 4.65. The van der Waals surface area contributed by atoms with E-state index < -0.39 is 0 Å². The smallest absolute Gasteiger partial charge is 0.120 e.